The normalized spacial score (nSPS) is 14.0. The van der Waals surface area contributed by atoms with Crippen LogP contribution in [0, 0.1) is 5.92 Å². The van der Waals surface area contributed by atoms with Gasteiger partial charge in [0.05, 0.1) is 13.2 Å². The average Bonchev–Trinajstić information content (AvgIpc) is 3.17. The minimum Gasteiger partial charge on any atom is -0.467 e. The summed E-state index contributed by atoms with van der Waals surface area (Å²) in [5, 5.41) is 5.35. The number of amides is 2. The van der Waals surface area contributed by atoms with Gasteiger partial charge in [-0.05, 0) is 41.0 Å². The number of carbonyl (C=O) groups is 3. The third kappa shape index (κ3) is 5.94. The molecule has 8 heteroatoms. The van der Waals surface area contributed by atoms with E-state index in [2.05, 4.69) is 34.9 Å². The molecule has 0 aliphatic heterocycles. The van der Waals surface area contributed by atoms with Crippen molar-refractivity contribution in [1.82, 2.24) is 10.6 Å². The molecule has 0 unspecified atom stereocenters. The summed E-state index contributed by atoms with van der Waals surface area (Å²) < 4.78 is 10.3. The second kappa shape index (κ2) is 11.7. The van der Waals surface area contributed by atoms with Crippen molar-refractivity contribution in [2.75, 3.05) is 20.3 Å². The lowest BCUT2D eigenvalue weighted by molar-refractivity contribution is -0.145. The van der Waals surface area contributed by atoms with E-state index in [0.717, 1.165) is 11.1 Å². The first kappa shape index (κ1) is 25.2. The Morgan fingerprint density at radius 1 is 1.00 bits per heavy atom. The fraction of sp³-hybridized carbons (Fsp3) is 0.423. The van der Waals surface area contributed by atoms with Crippen LogP contribution in [-0.2, 0) is 19.1 Å². The summed E-state index contributed by atoms with van der Waals surface area (Å²) in [4.78, 5) is 36.5. The quantitative estimate of drug-likeness (QED) is 0.365. The van der Waals surface area contributed by atoms with Gasteiger partial charge in [0.15, 0.2) is 0 Å². The maximum Gasteiger partial charge on any atom is 0.407 e. The fourth-order valence-electron chi connectivity index (χ4n) is 4.11. The molecule has 0 saturated heterocycles. The Morgan fingerprint density at radius 3 is 2.15 bits per heavy atom. The highest BCUT2D eigenvalue weighted by molar-refractivity contribution is 5.87. The molecule has 0 fully saturated rings. The summed E-state index contributed by atoms with van der Waals surface area (Å²) in [6, 6.07) is 14.7. The van der Waals surface area contributed by atoms with E-state index < -0.39 is 30.1 Å². The zero-order chi connectivity index (χ0) is 24.7. The van der Waals surface area contributed by atoms with Crippen LogP contribution in [0.2, 0.25) is 0 Å². The molecule has 2 aromatic rings. The Bertz CT molecular complexity index is 978. The number of ether oxygens (including phenoxy) is 2. The molecule has 34 heavy (non-hydrogen) atoms. The topological polar surface area (TPSA) is 120 Å². The first-order chi connectivity index (χ1) is 16.3. The Morgan fingerprint density at radius 2 is 1.59 bits per heavy atom. The van der Waals surface area contributed by atoms with Crippen molar-refractivity contribution in [1.29, 1.82) is 0 Å². The molecule has 0 aromatic heterocycles. The fourth-order valence-corrected chi connectivity index (χ4v) is 4.11. The van der Waals surface area contributed by atoms with Crippen molar-refractivity contribution >= 4 is 18.0 Å². The number of nitrogens with one attached hydrogen (secondary N) is 2. The number of benzene rings is 2. The molecule has 0 spiro atoms. The number of carbonyl (C=O) groups excluding carboxylic acids is 3. The van der Waals surface area contributed by atoms with Gasteiger partial charge in [-0.1, -0.05) is 62.4 Å². The Kier molecular flexibility index (Phi) is 8.65. The van der Waals surface area contributed by atoms with Gasteiger partial charge in [0.25, 0.3) is 0 Å². The lowest BCUT2D eigenvalue weighted by Crippen LogP contribution is -2.50. The van der Waals surface area contributed by atoms with E-state index >= 15 is 0 Å². The summed E-state index contributed by atoms with van der Waals surface area (Å²) >= 11 is 0. The first-order valence-electron chi connectivity index (χ1n) is 11.6. The second-order valence-electron chi connectivity index (χ2n) is 8.75. The average molecular weight is 468 g/mol. The molecule has 0 radical (unpaired) electrons. The van der Waals surface area contributed by atoms with Crippen molar-refractivity contribution in [2.45, 2.75) is 44.7 Å². The van der Waals surface area contributed by atoms with E-state index in [0.29, 0.717) is 12.8 Å². The highest BCUT2D eigenvalue weighted by atomic mass is 16.5. The van der Waals surface area contributed by atoms with Gasteiger partial charge in [-0.2, -0.15) is 0 Å². The molecular weight excluding hydrogens is 434 g/mol. The smallest absolute Gasteiger partial charge is 0.407 e. The van der Waals surface area contributed by atoms with Crippen molar-refractivity contribution in [3.05, 3.63) is 59.7 Å². The third-order valence-electron chi connectivity index (χ3n) is 6.11. The number of nitrogens with two attached hydrogens (primary N) is 1. The lowest BCUT2D eigenvalue weighted by Gasteiger charge is -2.21. The van der Waals surface area contributed by atoms with Gasteiger partial charge >= 0.3 is 12.1 Å². The van der Waals surface area contributed by atoms with Crippen molar-refractivity contribution in [2.24, 2.45) is 11.7 Å². The highest BCUT2D eigenvalue weighted by Crippen LogP contribution is 2.44. The van der Waals surface area contributed by atoms with E-state index in [9.17, 15) is 14.4 Å². The van der Waals surface area contributed by atoms with Gasteiger partial charge in [0.2, 0.25) is 5.91 Å². The van der Waals surface area contributed by atoms with Crippen LogP contribution in [0.5, 0.6) is 0 Å². The van der Waals surface area contributed by atoms with Crippen LogP contribution in [0.15, 0.2) is 48.5 Å². The minimum absolute atomic E-state index is 0.0118. The van der Waals surface area contributed by atoms with E-state index in [4.69, 9.17) is 15.2 Å². The summed E-state index contributed by atoms with van der Waals surface area (Å²) in [6.07, 6.45) is 0.218. The van der Waals surface area contributed by atoms with Crippen LogP contribution in [-0.4, -0.2) is 50.3 Å². The van der Waals surface area contributed by atoms with Crippen LogP contribution in [0.4, 0.5) is 4.79 Å². The summed E-state index contributed by atoms with van der Waals surface area (Å²) in [6.45, 7) is 4.18. The lowest BCUT2D eigenvalue weighted by atomic mass is 9.98. The summed E-state index contributed by atoms with van der Waals surface area (Å²) in [7, 11) is 1.26. The standard InChI is InChI=1S/C26H33N3O5/c1-16(2)23(27)24(30)29-22(25(31)33-3)13-8-14-28-26(32)34-15-21-19-11-6-4-9-17(19)18-10-5-7-12-20(18)21/h4-7,9-12,16,21-23H,8,13-15,27H2,1-3H3,(H,28,32)(H,29,30)/t22-,23-/m0/s1. The third-order valence-corrected chi connectivity index (χ3v) is 6.11. The largest absolute Gasteiger partial charge is 0.467 e. The Hall–Kier alpha value is -3.39. The molecule has 2 aromatic carbocycles. The van der Waals surface area contributed by atoms with Crippen molar-refractivity contribution < 1.29 is 23.9 Å². The van der Waals surface area contributed by atoms with E-state index in [1.54, 1.807) is 0 Å². The maximum atomic E-state index is 12.3. The van der Waals surface area contributed by atoms with E-state index in [1.807, 2.05) is 38.1 Å². The van der Waals surface area contributed by atoms with E-state index in [-0.39, 0.29) is 25.0 Å². The van der Waals surface area contributed by atoms with Gasteiger partial charge in [-0.25, -0.2) is 9.59 Å². The molecule has 0 saturated carbocycles. The Balaban J connectivity index is 1.47. The van der Waals surface area contributed by atoms with Crippen LogP contribution < -0.4 is 16.4 Å². The molecule has 2 atom stereocenters. The van der Waals surface area contributed by atoms with Gasteiger partial charge < -0.3 is 25.8 Å². The SMILES string of the molecule is COC(=O)[C@H](CCCNC(=O)OCC1c2ccccc2-c2ccccc21)NC(=O)[C@@H](N)C(C)C. The molecule has 4 N–H and O–H groups in total. The molecule has 2 amide bonds. The first-order valence-corrected chi connectivity index (χ1v) is 11.6. The molecule has 3 rings (SSSR count). The number of hydrogen-bond acceptors (Lipinski definition) is 6. The van der Waals surface area contributed by atoms with Crippen molar-refractivity contribution in [3.8, 4) is 11.1 Å². The number of rotatable bonds is 10. The maximum absolute atomic E-state index is 12.3. The molecule has 8 nitrogen and oxygen atoms in total. The highest BCUT2D eigenvalue weighted by Gasteiger charge is 2.29. The summed E-state index contributed by atoms with van der Waals surface area (Å²) in [5.74, 6) is -1.03. The zero-order valence-electron chi connectivity index (χ0n) is 19.9. The van der Waals surface area contributed by atoms with Crippen LogP contribution in [0.3, 0.4) is 0 Å². The summed E-state index contributed by atoms with van der Waals surface area (Å²) in [5.41, 5.74) is 10.5. The second-order valence-corrected chi connectivity index (χ2v) is 8.75. The number of fused-ring (bicyclic) bond motifs is 3. The number of methoxy groups -OCH3 is 1. The molecule has 0 bridgehead atoms. The van der Waals surface area contributed by atoms with Crippen LogP contribution in [0.25, 0.3) is 11.1 Å². The molecule has 0 heterocycles. The molecule has 1 aliphatic carbocycles. The van der Waals surface area contributed by atoms with Gasteiger partial charge in [0.1, 0.15) is 12.6 Å². The monoisotopic (exact) mass is 467 g/mol. The number of hydrogen-bond donors (Lipinski definition) is 3. The molecule has 1 aliphatic rings. The zero-order valence-corrected chi connectivity index (χ0v) is 19.9. The predicted molar refractivity (Wildman–Crippen MR) is 129 cm³/mol. The molecular formula is C26H33N3O5. The van der Waals surface area contributed by atoms with Gasteiger partial charge in [-0.3, -0.25) is 4.79 Å². The number of alkyl carbamates (subject to hydrolysis) is 1. The Labute approximate surface area is 200 Å². The van der Waals surface area contributed by atoms with Gasteiger partial charge in [-0.15, -0.1) is 0 Å². The van der Waals surface area contributed by atoms with E-state index in [1.165, 1.54) is 18.2 Å². The predicted octanol–water partition coefficient (Wildman–Crippen LogP) is 2.95. The minimum atomic E-state index is -0.827. The van der Waals surface area contributed by atoms with Gasteiger partial charge in [0, 0.05) is 12.5 Å². The molecule has 182 valence electrons. The van der Waals surface area contributed by atoms with Crippen molar-refractivity contribution in [3.63, 3.8) is 0 Å². The number of esters is 1. The van der Waals surface area contributed by atoms with Crippen LogP contribution >= 0.6 is 0 Å². The van der Waals surface area contributed by atoms with Crippen LogP contribution in [0.1, 0.15) is 43.7 Å².